The Labute approximate surface area is 152 Å². The van der Waals surface area contributed by atoms with Gasteiger partial charge in [-0.3, -0.25) is 4.79 Å². The molecule has 0 fully saturated rings. The minimum Gasteiger partial charge on any atom is -0.497 e. The van der Waals surface area contributed by atoms with Crippen LogP contribution in [0.1, 0.15) is 36.6 Å². The topological polar surface area (TPSA) is 64.6 Å². The lowest BCUT2D eigenvalue weighted by Gasteiger charge is -2.17. The lowest BCUT2D eigenvalue weighted by Crippen LogP contribution is -2.29. The molecular formula is C21H21NO4. The lowest BCUT2D eigenvalue weighted by atomic mass is 9.97. The van der Waals surface area contributed by atoms with Crippen LogP contribution in [-0.4, -0.2) is 25.6 Å². The van der Waals surface area contributed by atoms with Crippen LogP contribution in [0.4, 0.5) is 0 Å². The summed E-state index contributed by atoms with van der Waals surface area (Å²) >= 11 is 0. The number of hydrogen-bond donors (Lipinski definition) is 1. The first-order chi connectivity index (χ1) is 12.6. The average Bonchev–Trinajstić information content (AvgIpc) is 2.95. The van der Waals surface area contributed by atoms with Crippen molar-refractivity contribution in [3.8, 4) is 5.75 Å². The second-order valence-electron chi connectivity index (χ2n) is 5.96. The van der Waals surface area contributed by atoms with Crippen LogP contribution >= 0.6 is 0 Å². The lowest BCUT2D eigenvalue weighted by molar-refractivity contribution is -0.138. The van der Waals surface area contributed by atoms with E-state index in [0.29, 0.717) is 11.3 Å². The Hall–Kier alpha value is -3.08. The molecule has 26 heavy (non-hydrogen) atoms. The maximum atomic E-state index is 12.8. The molecule has 2 aromatic carbocycles. The standard InChI is InChI=1S/C21H21NO4/c1-4-26-21(24)19-18(14-8-6-5-7-9-14)16-11-10-15(25-3)12-17(16)20(19)22-13(2)23/h5-12,20H,4H2,1-3H3,(H,22,23). The number of ether oxygens (including phenoxy) is 2. The fourth-order valence-electron chi connectivity index (χ4n) is 3.28. The zero-order chi connectivity index (χ0) is 18.7. The van der Waals surface area contributed by atoms with E-state index in [1.54, 1.807) is 14.0 Å². The molecule has 1 N–H and O–H groups in total. The normalized spacial score (nSPS) is 15.4. The molecule has 3 rings (SSSR count). The van der Waals surface area contributed by atoms with Crippen molar-refractivity contribution in [1.29, 1.82) is 0 Å². The number of hydrogen-bond acceptors (Lipinski definition) is 4. The van der Waals surface area contributed by atoms with Crippen molar-refractivity contribution in [2.24, 2.45) is 0 Å². The van der Waals surface area contributed by atoms with Gasteiger partial charge >= 0.3 is 5.97 Å². The van der Waals surface area contributed by atoms with Gasteiger partial charge in [-0.25, -0.2) is 4.79 Å². The first-order valence-corrected chi connectivity index (χ1v) is 8.49. The second-order valence-corrected chi connectivity index (χ2v) is 5.96. The number of esters is 1. The summed E-state index contributed by atoms with van der Waals surface area (Å²) < 4.78 is 10.6. The highest BCUT2D eigenvalue weighted by Gasteiger charge is 2.37. The van der Waals surface area contributed by atoms with Crippen molar-refractivity contribution in [3.05, 3.63) is 70.8 Å². The molecule has 5 nitrogen and oxygen atoms in total. The average molecular weight is 351 g/mol. The quantitative estimate of drug-likeness (QED) is 0.840. The summed E-state index contributed by atoms with van der Waals surface area (Å²) in [6, 6.07) is 14.7. The van der Waals surface area contributed by atoms with Gasteiger partial charge in [0, 0.05) is 12.5 Å². The Bertz CT molecular complexity index is 871. The molecule has 1 amide bonds. The molecule has 5 heteroatoms. The fraction of sp³-hybridized carbons (Fsp3) is 0.238. The number of carbonyl (C=O) groups is 2. The van der Waals surface area contributed by atoms with Gasteiger partial charge in [-0.05, 0) is 35.7 Å². The third-order valence-corrected chi connectivity index (χ3v) is 4.30. The Morgan fingerprint density at radius 2 is 1.85 bits per heavy atom. The van der Waals surface area contributed by atoms with Gasteiger partial charge in [-0.1, -0.05) is 36.4 Å². The maximum Gasteiger partial charge on any atom is 0.337 e. The number of methoxy groups -OCH3 is 1. The van der Waals surface area contributed by atoms with Crippen molar-refractivity contribution >= 4 is 17.4 Å². The van der Waals surface area contributed by atoms with E-state index in [1.807, 2.05) is 48.5 Å². The van der Waals surface area contributed by atoms with E-state index in [1.165, 1.54) is 6.92 Å². The van der Waals surface area contributed by atoms with Gasteiger partial charge in [0.05, 0.1) is 25.3 Å². The van der Waals surface area contributed by atoms with Crippen LogP contribution in [0.5, 0.6) is 5.75 Å². The molecule has 2 aromatic rings. The first kappa shape index (κ1) is 17.7. The number of nitrogens with one attached hydrogen (secondary N) is 1. The highest BCUT2D eigenvalue weighted by molar-refractivity contribution is 6.07. The van der Waals surface area contributed by atoms with Gasteiger partial charge in [0.15, 0.2) is 0 Å². The zero-order valence-electron chi connectivity index (χ0n) is 15.0. The van der Waals surface area contributed by atoms with E-state index in [-0.39, 0.29) is 12.5 Å². The number of carbonyl (C=O) groups excluding carboxylic acids is 2. The third-order valence-electron chi connectivity index (χ3n) is 4.30. The molecule has 1 atom stereocenters. The maximum absolute atomic E-state index is 12.8. The molecule has 134 valence electrons. The van der Waals surface area contributed by atoms with E-state index in [9.17, 15) is 9.59 Å². The largest absolute Gasteiger partial charge is 0.497 e. The van der Waals surface area contributed by atoms with Crippen LogP contribution in [0, 0.1) is 0 Å². The number of benzene rings is 2. The summed E-state index contributed by atoms with van der Waals surface area (Å²) in [7, 11) is 1.59. The van der Waals surface area contributed by atoms with Crippen LogP contribution in [0.25, 0.3) is 5.57 Å². The van der Waals surface area contributed by atoms with E-state index in [2.05, 4.69) is 5.32 Å². The highest BCUT2D eigenvalue weighted by atomic mass is 16.5. The molecule has 0 heterocycles. The molecule has 1 aliphatic rings. The van der Waals surface area contributed by atoms with Gasteiger partial charge in [-0.15, -0.1) is 0 Å². The first-order valence-electron chi connectivity index (χ1n) is 8.49. The van der Waals surface area contributed by atoms with E-state index in [4.69, 9.17) is 9.47 Å². The van der Waals surface area contributed by atoms with Crippen LogP contribution in [0.2, 0.25) is 0 Å². The summed E-state index contributed by atoms with van der Waals surface area (Å²) in [5.41, 5.74) is 3.83. The van der Waals surface area contributed by atoms with Crippen LogP contribution < -0.4 is 10.1 Å². The fourth-order valence-corrected chi connectivity index (χ4v) is 3.28. The molecule has 0 aromatic heterocycles. The van der Waals surface area contributed by atoms with E-state index >= 15 is 0 Å². The van der Waals surface area contributed by atoms with Gasteiger partial charge in [-0.2, -0.15) is 0 Å². The molecule has 1 aliphatic carbocycles. The number of fused-ring (bicyclic) bond motifs is 1. The number of rotatable bonds is 5. The van der Waals surface area contributed by atoms with Crippen molar-refractivity contribution in [2.75, 3.05) is 13.7 Å². The summed E-state index contributed by atoms with van der Waals surface area (Å²) in [6.07, 6.45) is 0. The van der Waals surface area contributed by atoms with Crippen LogP contribution in [-0.2, 0) is 14.3 Å². The van der Waals surface area contributed by atoms with Gasteiger partial charge in [0.25, 0.3) is 0 Å². The zero-order valence-corrected chi connectivity index (χ0v) is 15.0. The van der Waals surface area contributed by atoms with Gasteiger partial charge in [0.1, 0.15) is 5.75 Å². The third kappa shape index (κ3) is 3.20. The van der Waals surface area contributed by atoms with E-state index < -0.39 is 12.0 Å². The number of amides is 1. The van der Waals surface area contributed by atoms with Gasteiger partial charge < -0.3 is 14.8 Å². The minimum atomic E-state index is -0.577. The van der Waals surface area contributed by atoms with Crippen molar-refractivity contribution < 1.29 is 19.1 Å². The minimum absolute atomic E-state index is 0.222. The highest BCUT2D eigenvalue weighted by Crippen LogP contribution is 2.45. The van der Waals surface area contributed by atoms with Crippen LogP contribution in [0.15, 0.2) is 54.1 Å². The van der Waals surface area contributed by atoms with Gasteiger partial charge in [0.2, 0.25) is 5.91 Å². The Morgan fingerprint density at radius 1 is 1.12 bits per heavy atom. The second kappa shape index (κ2) is 7.44. The summed E-state index contributed by atoms with van der Waals surface area (Å²) in [6.45, 7) is 3.46. The summed E-state index contributed by atoms with van der Waals surface area (Å²) in [5.74, 6) is 0.0109. The molecular weight excluding hydrogens is 330 g/mol. The molecule has 0 aliphatic heterocycles. The molecule has 0 saturated heterocycles. The molecule has 0 radical (unpaired) electrons. The Balaban J connectivity index is 2.26. The summed E-state index contributed by atoms with van der Waals surface area (Å²) in [5, 5.41) is 2.89. The Morgan fingerprint density at radius 3 is 2.46 bits per heavy atom. The molecule has 0 saturated carbocycles. The smallest absolute Gasteiger partial charge is 0.337 e. The monoisotopic (exact) mass is 351 g/mol. The van der Waals surface area contributed by atoms with Crippen molar-refractivity contribution in [3.63, 3.8) is 0 Å². The molecule has 0 spiro atoms. The molecule has 0 bridgehead atoms. The van der Waals surface area contributed by atoms with E-state index in [0.717, 1.165) is 22.3 Å². The summed E-state index contributed by atoms with van der Waals surface area (Å²) in [4.78, 5) is 24.6. The SMILES string of the molecule is CCOC(=O)C1=C(c2ccccc2)c2ccc(OC)cc2C1NC(C)=O. The molecule has 1 unspecified atom stereocenters. The predicted octanol–water partition coefficient (Wildman–Crippen LogP) is 3.25. The van der Waals surface area contributed by atoms with Crippen molar-refractivity contribution in [2.45, 2.75) is 19.9 Å². The van der Waals surface area contributed by atoms with Crippen LogP contribution in [0.3, 0.4) is 0 Å². The Kier molecular flexibility index (Phi) is 5.07. The predicted molar refractivity (Wildman–Crippen MR) is 98.6 cm³/mol. The van der Waals surface area contributed by atoms with Crippen molar-refractivity contribution in [1.82, 2.24) is 5.32 Å².